The minimum absolute atomic E-state index is 0.264. The lowest BCUT2D eigenvalue weighted by molar-refractivity contribution is -0.0513. The van der Waals surface area contributed by atoms with Crippen LogP contribution in [0, 0.1) is 11.3 Å². The molecule has 5 aliphatic rings. The Bertz CT molecular complexity index is 1430. The molecule has 2 saturated carbocycles. The van der Waals surface area contributed by atoms with E-state index in [1.165, 1.54) is 37.5 Å². The second-order valence-electron chi connectivity index (χ2n) is 12.5. The number of likely N-dealkylation sites (N-methyl/N-ethyl adjacent to an activating group) is 1. The topological polar surface area (TPSA) is 147 Å². The molecule has 3 fully saturated rings. The molecular formula is C29H38N8O3. The van der Waals surface area contributed by atoms with Crippen LogP contribution in [-0.4, -0.2) is 84.1 Å². The minimum atomic E-state index is -1.10. The molecule has 0 bridgehead atoms. The molecule has 40 heavy (non-hydrogen) atoms. The number of hydrogen-bond acceptors (Lipinski definition) is 10. The smallest absolute Gasteiger partial charge is 0.167 e. The largest absolute Gasteiger partial charge is 0.387 e. The maximum atomic E-state index is 10.8. The number of rotatable bonds is 8. The number of nitrogens with zero attached hydrogens (tertiary/aromatic N) is 7. The molecule has 4 heterocycles. The van der Waals surface area contributed by atoms with Gasteiger partial charge in [-0.25, -0.2) is 24.9 Å². The predicted molar refractivity (Wildman–Crippen MR) is 152 cm³/mol. The van der Waals surface area contributed by atoms with Crippen LogP contribution < -0.4 is 5.73 Å². The number of aromatic nitrogens is 4. The van der Waals surface area contributed by atoms with Crippen LogP contribution >= 0.6 is 0 Å². The first-order chi connectivity index (χ1) is 19.3. The molecule has 11 heteroatoms. The summed E-state index contributed by atoms with van der Waals surface area (Å²) in [4.78, 5) is 24.4. The van der Waals surface area contributed by atoms with Gasteiger partial charge in [-0.2, -0.15) is 0 Å². The van der Waals surface area contributed by atoms with E-state index in [1.807, 2.05) is 0 Å². The number of hydrogen-bond donors (Lipinski definition) is 3. The highest BCUT2D eigenvalue weighted by atomic mass is 16.6. The number of amidine groups is 1. The van der Waals surface area contributed by atoms with Crippen LogP contribution in [0.3, 0.4) is 0 Å². The number of fused-ring (bicyclic) bond motifs is 2. The van der Waals surface area contributed by atoms with Crippen LogP contribution in [0.25, 0.3) is 11.2 Å². The van der Waals surface area contributed by atoms with Crippen molar-refractivity contribution in [2.75, 3.05) is 19.3 Å². The molecule has 4 atom stereocenters. The number of ether oxygens (including phenoxy) is 1. The van der Waals surface area contributed by atoms with Gasteiger partial charge < -0.3 is 25.6 Å². The second-order valence-corrected chi connectivity index (χ2v) is 12.5. The Kier molecular flexibility index (Phi) is 6.38. The average Bonchev–Trinajstić information content (AvgIpc) is 3.58. The molecule has 0 unspecified atom stereocenters. The summed E-state index contributed by atoms with van der Waals surface area (Å²) in [7, 11) is 2.06. The number of anilines is 1. The lowest BCUT2D eigenvalue weighted by Gasteiger charge is -2.42. The van der Waals surface area contributed by atoms with E-state index in [-0.39, 0.29) is 5.82 Å². The maximum Gasteiger partial charge on any atom is 0.167 e. The summed E-state index contributed by atoms with van der Waals surface area (Å²) in [5, 5.41) is 21.5. The molecule has 7 rings (SSSR count). The van der Waals surface area contributed by atoms with Crippen molar-refractivity contribution in [2.24, 2.45) is 21.3 Å². The van der Waals surface area contributed by atoms with Crippen LogP contribution in [0.5, 0.6) is 0 Å². The zero-order valence-corrected chi connectivity index (χ0v) is 23.1. The van der Waals surface area contributed by atoms with Gasteiger partial charge in [0.2, 0.25) is 0 Å². The molecule has 2 aromatic heterocycles. The fraction of sp³-hybridized carbons (Fsp3) is 0.621. The molecule has 0 amide bonds. The quantitative estimate of drug-likeness (QED) is 0.458. The van der Waals surface area contributed by atoms with Crippen molar-refractivity contribution in [3.8, 4) is 0 Å². The van der Waals surface area contributed by atoms with Crippen LogP contribution in [-0.2, 0) is 4.74 Å². The molecule has 1 saturated heterocycles. The number of imidazole rings is 1. The number of nitrogen functional groups attached to an aromatic ring is 1. The Morgan fingerprint density at radius 1 is 1.15 bits per heavy atom. The normalized spacial score (nSPS) is 32.7. The van der Waals surface area contributed by atoms with E-state index in [4.69, 9.17) is 20.5 Å². The summed E-state index contributed by atoms with van der Waals surface area (Å²) in [6.07, 6.45) is 13.1. The van der Waals surface area contributed by atoms with Crippen LogP contribution in [0.4, 0.5) is 5.82 Å². The number of aliphatic hydroxyl groups excluding tert-OH is 2. The first-order valence-corrected chi connectivity index (χ1v) is 14.5. The lowest BCUT2D eigenvalue weighted by Crippen LogP contribution is -2.47. The van der Waals surface area contributed by atoms with E-state index in [0.717, 1.165) is 49.3 Å². The molecule has 0 radical (unpaired) electrons. The number of nitrogens with two attached hydrogens (primary N) is 1. The highest BCUT2D eigenvalue weighted by molar-refractivity contribution is 6.19. The number of allylic oxidation sites excluding steroid dienone is 3. The first-order valence-electron chi connectivity index (χ1n) is 14.5. The van der Waals surface area contributed by atoms with Crippen molar-refractivity contribution in [3.05, 3.63) is 36.1 Å². The summed E-state index contributed by atoms with van der Waals surface area (Å²) in [5.74, 6) is 1.87. The summed E-state index contributed by atoms with van der Waals surface area (Å²) < 4.78 is 7.75. The van der Waals surface area contributed by atoms with Crippen molar-refractivity contribution < 1.29 is 14.9 Å². The molecule has 3 aliphatic carbocycles. The van der Waals surface area contributed by atoms with Crippen molar-refractivity contribution >= 4 is 28.5 Å². The monoisotopic (exact) mass is 546 g/mol. The van der Waals surface area contributed by atoms with Gasteiger partial charge in [0.1, 0.15) is 36.0 Å². The third-order valence-electron chi connectivity index (χ3n) is 9.90. The van der Waals surface area contributed by atoms with Crippen molar-refractivity contribution in [1.82, 2.24) is 24.4 Å². The van der Waals surface area contributed by atoms with Gasteiger partial charge in [-0.3, -0.25) is 4.57 Å². The highest BCUT2D eigenvalue weighted by Crippen LogP contribution is 2.49. The lowest BCUT2D eigenvalue weighted by atomic mass is 9.64. The van der Waals surface area contributed by atoms with E-state index >= 15 is 0 Å². The Morgan fingerprint density at radius 3 is 2.75 bits per heavy atom. The summed E-state index contributed by atoms with van der Waals surface area (Å²) in [5.41, 5.74) is 10.8. The summed E-state index contributed by atoms with van der Waals surface area (Å²) >= 11 is 0. The molecule has 212 valence electrons. The summed E-state index contributed by atoms with van der Waals surface area (Å²) in [6, 6.07) is 0.425. The molecule has 2 aromatic rings. The Balaban J connectivity index is 0.901. The van der Waals surface area contributed by atoms with Crippen LogP contribution in [0.15, 0.2) is 46.1 Å². The Hall–Kier alpha value is -2.99. The predicted octanol–water partition coefficient (Wildman–Crippen LogP) is 2.78. The van der Waals surface area contributed by atoms with Crippen molar-refractivity contribution in [3.63, 3.8) is 0 Å². The Labute approximate surface area is 233 Å². The van der Waals surface area contributed by atoms with Gasteiger partial charge in [-0.15, -0.1) is 0 Å². The molecule has 11 nitrogen and oxygen atoms in total. The second kappa shape index (κ2) is 9.83. The van der Waals surface area contributed by atoms with E-state index in [2.05, 4.69) is 46.0 Å². The fourth-order valence-corrected chi connectivity index (χ4v) is 6.89. The Morgan fingerprint density at radius 2 is 1.98 bits per heavy atom. The first kappa shape index (κ1) is 25.9. The maximum absolute atomic E-state index is 10.8. The van der Waals surface area contributed by atoms with E-state index in [0.29, 0.717) is 35.1 Å². The van der Waals surface area contributed by atoms with Crippen LogP contribution in [0.2, 0.25) is 0 Å². The van der Waals surface area contributed by atoms with Gasteiger partial charge in [-0.05, 0) is 63.0 Å². The number of aliphatic hydroxyl groups is 2. The SMILES string of the molecule is CN(C[C@H]1O[C@@H](n2cnc3c(N)ncnc32)[C@H](O)[C@@H]1O)C1CC(CCC2=NC3=CCC(C4(C)CCC4)=CC3=N2)C1. The van der Waals surface area contributed by atoms with Gasteiger partial charge in [-0.1, -0.05) is 25.0 Å². The molecular weight excluding hydrogens is 508 g/mol. The molecule has 0 aromatic carbocycles. The zero-order valence-electron chi connectivity index (χ0n) is 23.1. The molecule has 0 spiro atoms. The highest BCUT2D eigenvalue weighted by Gasteiger charge is 2.46. The molecule has 2 aliphatic heterocycles. The van der Waals surface area contributed by atoms with Gasteiger partial charge in [0.25, 0.3) is 0 Å². The number of aliphatic imine (C=N–C) groups is 2. The zero-order chi connectivity index (χ0) is 27.6. The van der Waals surface area contributed by atoms with Gasteiger partial charge in [0.05, 0.1) is 17.7 Å². The van der Waals surface area contributed by atoms with Gasteiger partial charge in [0.15, 0.2) is 17.7 Å². The molecule has 4 N–H and O–H groups in total. The third kappa shape index (κ3) is 4.39. The minimum Gasteiger partial charge on any atom is -0.387 e. The van der Waals surface area contributed by atoms with E-state index in [1.54, 1.807) is 4.57 Å². The average molecular weight is 547 g/mol. The standard InChI is InChI=1S/C29H38N8O3/c1-29(8-3-9-29)17-5-6-19-20(12-17)35-22(34-19)7-4-16-10-18(11-16)36(2)13-21-24(38)25(39)28(40-21)37-15-33-23-26(30)31-14-32-27(23)37/h6,12,14-16,18,21,24-25,28,38-39H,3-5,7-11,13H2,1-2H3,(H2,30,31,32)/t16?,18?,21-,24-,25-,28-/m1/s1. The third-order valence-corrected chi connectivity index (χ3v) is 9.90. The van der Waals surface area contributed by atoms with E-state index < -0.39 is 24.5 Å². The van der Waals surface area contributed by atoms with Crippen molar-refractivity contribution in [1.29, 1.82) is 0 Å². The van der Waals surface area contributed by atoms with Crippen molar-refractivity contribution in [2.45, 2.75) is 88.9 Å². The van der Waals surface area contributed by atoms with Crippen LogP contribution in [0.1, 0.15) is 64.5 Å². The fourth-order valence-electron chi connectivity index (χ4n) is 6.89. The van der Waals surface area contributed by atoms with E-state index in [9.17, 15) is 10.2 Å². The summed E-state index contributed by atoms with van der Waals surface area (Å²) in [6.45, 7) is 2.91. The van der Waals surface area contributed by atoms with Gasteiger partial charge in [0, 0.05) is 19.0 Å². The van der Waals surface area contributed by atoms with Gasteiger partial charge >= 0.3 is 0 Å².